The molecule has 3 nitrogen and oxygen atoms in total. The summed E-state index contributed by atoms with van der Waals surface area (Å²) >= 11 is 0. The van der Waals surface area contributed by atoms with E-state index in [-0.39, 0.29) is 0 Å². The molecule has 0 radical (unpaired) electrons. The van der Waals surface area contributed by atoms with Crippen LogP contribution in [0, 0.1) is 0 Å². The van der Waals surface area contributed by atoms with E-state index < -0.39 is 5.54 Å². The monoisotopic (exact) mass is 116 g/mol. The molecule has 8 heavy (non-hydrogen) atoms. The van der Waals surface area contributed by atoms with E-state index in [1.54, 1.807) is 20.8 Å². The number of oxime groups is 1. The molecule has 0 rings (SSSR count). The molecule has 0 spiro atoms. The molecule has 3 N–H and O–H groups in total. The molecule has 0 bridgehead atoms. The minimum atomic E-state index is -0.491. The van der Waals surface area contributed by atoms with Gasteiger partial charge in [0.25, 0.3) is 0 Å². The molecule has 48 valence electrons. The molecule has 0 atom stereocenters. The summed E-state index contributed by atoms with van der Waals surface area (Å²) in [6, 6.07) is 0. The normalized spacial score (nSPS) is 14.2. The van der Waals surface area contributed by atoms with Gasteiger partial charge in [0.1, 0.15) is 0 Å². The van der Waals surface area contributed by atoms with Gasteiger partial charge < -0.3 is 10.9 Å². The second-order valence-corrected chi connectivity index (χ2v) is 2.41. The smallest absolute Gasteiger partial charge is 0.0732 e. The molecule has 0 saturated heterocycles. The molecular formula is C5H12N2O. The van der Waals surface area contributed by atoms with Crippen LogP contribution in [0.4, 0.5) is 0 Å². The van der Waals surface area contributed by atoms with Gasteiger partial charge in [0.15, 0.2) is 0 Å². The minimum absolute atomic E-state index is 0.491. The topological polar surface area (TPSA) is 58.6 Å². The van der Waals surface area contributed by atoms with Crippen molar-refractivity contribution in [2.75, 3.05) is 0 Å². The molecule has 0 aliphatic rings. The third kappa shape index (κ3) is 1.93. The zero-order chi connectivity index (χ0) is 6.78. The summed E-state index contributed by atoms with van der Waals surface area (Å²) in [6.45, 7) is 5.24. The maximum atomic E-state index is 8.18. The summed E-state index contributed by atoms with van der Waals surface area (Å²) in [7, 11) is 0. The van der Waals surface area contributed by atoms with E-state index in [0.29, 0.717) is 5.71 Å². The van der Waals surface area contributed by atoms with Gasteiger partial charge in [-0.1, -0.05) is 5.16 Å². The van der Waals surface area contributed by atoms with Crippen LogP contribution >= 0.6 is 0 Å². The fraction of sp³-hybridized carbons (Fsp3) is 0.800. The van der Waals surface area contributed by atoms with Crippen molar-refractivity contribution >= 4 is 5.71 Å². The van der Waals surface area contributed by atoms with E-state index in [1.165, 1.54) is 0 Å². The van der Waals surface area contributed by atoms with Crippen LogP contribution in [0.5, 0.6) is 0 Å². The minimum Gasteiger partial charge on any atom is -0.411 e. The largest absolute Gasteiger partial charge is 0.411 e. The molecular weight excluding hydrogens is 104 g/mol. The van der Waals surface area contributed by atoms with Gasteiger partial charge in [0.05, 0.1) is 11.3 Å². The number of nitrogens with zero attached hydrogens (tertiary/aromatic N) is 1. The van der Waals surface area contributed by atoms with Crippen LogP contribution in [0.15, 0.2) is 5.16 Å². The third-order valence-electron chi connectivity index (χ3n) is 1.08. The number of hydrogen-bond acceptors (Lipinski definition) is 3. The SMILES string of the molecule is C/C(=N\O)C(C)(C)N. The van der Waals surface area contributed by atoms with E-state index in [1.807, 2.05) is 0 Å². The van der Waals surface area contributed by atoms with Crippen molar-refractivity contribution < 1.29 is 5.21 Å². The second kappa shape index (κ2) is 2.13. The number of nitrogens with two attached hydrogens (primary N) is 1. The van der Waals surface area contributed by atoms with Gasteiger partial charge in [0.2, 0.25) is 0 Å². The van der Waals surface area contributed by atoms with Crippen LogP contribution in [0.2, 0.25) is 0 Å². The van der Waals surface area contributed by atoms with Crippen molar-refractivity contribution in [3.63, 3.8) is 0 Å². The first kappa shape index (κ1) is 7.43. The molecule has 0 saturated carbocycles. The Morgan fingerprint density at radius 2 is 2.00 bits per heavy atom. The predicted octanol–water partition coefficient (Wildman–Crippen LogP) is 0.574. The molecule has 0 aromatic heterocycles. The van der Waals surface area contributed by atoms with Gasteiger partial charge in [-0.15, -0.1) is 0 Å². The quantitative estimate of drug-likeness (QED) is 0.299. The van der Waals surface area contributed by atoms with E-state index in [4.69, 9.17) is 10.9 Å². The Bertz CT molecular complexity index is 101. The predicted molar refractivity (Wildman–Crippen MR) is 33.2 cm³/mol. The summed E-state index contributed by atoms with van der Waals surface area (Å²) in [5, 5.41) is 11.1. The average Bonchev–Trinajstić information content (AvgIpc) is 1.62. The first-order chi connectivity index (χ1) is 3.48. The fourth-order valence-electron chi connectivity index (χ4n) is 0.129. The maximum Gasteiger partial charge on any atom is 0.0732 e. The lowest BCUT2D eigenvalue weighted by Gasteiger charge is -2.15. The second-order valence-electron chi connectivity index (χ2n) is 2.41. The molecule has 0 aliphatic carbocycles. The van der Waals surface area contributed by atoms with Crippen LogP contribution in [-0.4, -0.2) is 16.5 Å². The molecule has 0 aromatic carbocycles. The first-order valence-corrected chi connectivity index (χ1v) is 2.46. The summed E-state index contributed by atoms with van der Waals surface area (Å²) < 4.78 is 0. The molecule has 0 amide bonds. The van der Waals surface area contributed by atoms with Crippen molar-refractivity contribution in [1.29, 1.82) is 0 Å². The Morgan fingerprint density at radius 1 is 1.62 bits per heavy atom. The van der Waals surface area contributed by atoms with E-state index in [0.717, 1.165) is 0 Å². The Labute approximate surface area is 49.2 Å². The lowest BCUT2D eigenvalue weighted by molar-refractivity contribution is 0.314. The zero-order valence-corrected chi connectivity index (χ0v) is 5.47. The zero-order valence-electron chi connectivity index (χ0n) is 5.47. The lowest BCUT2D eigenvalue weighted by Crippen LogP contribution is -2.39. The third-order valence-corrected chi connectivity index (χ3v) is 1.08. The van der Waals surface area contributed by atoms with Gasteiger partial charge in [-0.25, -0.2) is 0 Å². The Kier molecular flexibility index (Phi) is 1.98. The summed E-state index contributed by atoms with van der Waals surface area (Å²) in [5.74, 6) is 0. The number of hydrogen-bond donors (Lipinski definition) is 2. The van der Waals surface area contributed by atoms with Gasteiger partial charge in [-0.2, -0.15) is 0 Å². The molecule has 0 fully saturated rings. The van der Waals surface area contributed by atoms with Crippen LogP contribution in [0.25, 0.3) is 0 Å². The van der Waals surface area contributed by atoms with Crippen LogP contribution < -0.4 is 5.73 Å². The van der Waals surface area contributed by atoms with Gasteiger partial charge in [-0.3, -0.25) is 0 Å². The standard InChI is InChI=1S/C5H12N2O/c1-4(7-8)5(2,3)6/h8H,6H2,1-3H3/b7-4+. The van der Waals surface area contributed by atoms with Crippen molar-refractivity contribution in [3.8, 4) is 0 Å². The van der Waals surface area contributed by atoms with Crippen LogP contribution in [0.1, 0.15) is 20.8 Å². The van der Waals surface area contributed by atoms with Crippen molar-refractivity contribution in [1.82, 2.24) is 0 Å². The molecule has 3 heteroatoms. The van der Waals surface area contributed by atoms with Crippen molar-refractivity contribution in [2.24, 2.45) is 10.9 Å². The Hall–Kier alpha value is -0.570. The molecule has 0 aromatic rings. The first-order valence-electron chi connectivity index (χ1n) is 2.46. The van der Waals surface area contributed by atoms with Gasteiger partial charge >= 0.3 is 0 Å². The summed E-state index contributed by atoms with van der Waals surface area (Å²) in [6.07, 6.45) is 0. The van der Waals surface area contributed by atoms with Crippen LogP contribution in [0.3, 0.4) is 0 Å². The van der Waals surface area contributed by atoms with E-state index in [2.05, 4.69) is 5.16 Å². The fourth-order valence-corrected chi connectivity index (χ4v) is 0.129. The number of rotatable bonds is 1. The van der Waals surface area contributed by atoms with Gasteiger partial charge in [0, 0.05) is 0 Å². The highest BCUT2D eigenvalue weighted by molar-refractivity contribution is 5.89. The van der Waals surface area contributed by atoms with E-state index >= 15 is 0 Å². The highest BCUT2D eigenvalue weighted by atomic mass is 16.4. The maximum absolute atomic E-state index is 8.18. The molecule has 0 aliphatic heterocycles. The highest BCUT2D eigenvalue weighted by Gasteiger charge is 2.14. The highest BCUT2D eigenvalue weighted by Crippen LogP contribution is 1.98. The van der Waals surface area contributed by atoms with Gasteiger partial charge in [-0.05, 0) is 20.8 Å². The Balaban J connectivity index is 4.03. The van der Waals surface area contributed by atoms with Crippen LogP contribution in [-0.2, 0) is 0 Å². The van der Waals surface area contributed by atoms with Crippen molar-refractivity contribution in [3.05, 3.63) is 0 Å². The molecule has 0 unspecified atom stereocenters. The summed E-state index contributed by atoms with van der Waals surface area (Å²) in [4.78, 5) is 0. The Morgan fingerprint density at radius 3 is 2.00 bits per heavy atom. The average molecular weight is 116 g/mol. The molecule has 0 heterocycles. The summed E-state index contributed by atoms with van der Waals surface area (Å²) in [5.41, 5.74) is 5.55. The van der Waals surface area contributed by atoms with Crippen molar-refractivity contribution in [2.45, 2.75) is 26.3 Å². The van der Waals surface area contributed by atoms with E-state index in [9.17, 15) is 0 Å². The lowest BCUT2D eigenvalue weighted by atomic mass is 10.0.